The molecule has 0 aliphatic heterocycles. The Labute approximate surface area is 156 Å². The number of hydrogen-bond donors (Lipinski definition) is 3. The van der Waals surface area contributed by atoms with Crippen LogP contribution in [0.3, 0.4) is 0 Å². The molecule has 0 saturated heterocycles. The average molecular weight is 355 g/mol. The summed E-state index contributed by atoms with van der Waals surface area (Å²) >= 11 is 0. The topological polar surface area (TPSA) is 78.9 Å². The Balaban J connectivity index is 1.43. The molecule has 0 bridgehead atoms. The largest absolute Gasteiger partial charge is 0.338 e. The molecule has 2 heterocycles. The van der Waals surface area contributed by atoms with Crippen LogP contribution in [0.15, 0.2) is 85.2 Å². The Hall–Kier alpha value is -3.93. The van der Waals surface area contributed by atoms with Gasteiger partial charge in [-0.1, -0.05) is 36.4 Å². The van der Waals surface area contributed by atoms with Crippen LogP contribution in [-0.2, 0) is 0 Å². The van der Waals surface area contributed by atoms with Gasteiger partial charge in [-0.25, -0.2) is 9.78 Å². The van der Waals surface area contributed by atoms with Crippen molar-refractivity contribution in [2.24, 2.45) is 0 Å². The third-order valence-electron chi connectivity index (χ3n) is 3.95. The van der Waals surface area contributed by atoms with E-state index in [-0.39, 0.29) is 6.03 Å². The van der Waals surface area contributed by atoms with Crippen LogP contribution in [0.2, 0.25) is 0 Å². The van der Waals surface area contributed by atoms with Crippen LogP contribution in [0.1, 0.15) is 0 Å². The van der Waals surface area contributed by atoms with E-state index in [0.29, 0.717) is 11.5 Å². The summed E-state index contributed by atoms with van der Waals surface area (Å²) in [5.74, 6) is 0.669. The molecule has 2 aromatic carbocycles. The summed E-state index contributed by atoms with van der Waals surface area (Å²) < 4.78 is 0. The van der Waals surface area contributed by atoms with Crippen molar-refractivity contribution in [3.8, 4) is 0 Å². The van der Waals surface area contributed by atoms with E-state index in [1.807, 2.05) is 60.7 Å². The van der Waals surface area contributed by atoms with Gasteiger partial charge in [0.15, 0.2) is 0 Å². The standard InChI is InChI=1S/C21H17N5O/c27-21(24-16-8-2-1-3-9-16)25-17-11-12-19(23-14-17)26-18-10-4-6-15-7-5-13-22-20(15)18/h1-14H,(H,23,26)(H2,24,25,27). The number of carbonyl (C=O) groups excluding carboxylic acids is 1. The first kappa shape index (κ1) is 16.5. The molecule has 0 aliphatic carbocycles. The number of fused-ring (bicyclic) bond motifs is 1. The molecule has 2 amide bonds. The van der Waals surface area contributed by atoms with Gasteiger partial charge in [0.1, 0.15) is 5.82 Å². The molecule has 3 N–H and O–H groups in total. The fourth-order valence-electron chi connectivity index (χ4n) is 2.70. The number of aromatic nitrogens is 2. The maximum absolute atomic E-state index is 12.0. The Morgan fingerprint density at radius 1 is 0.741 bits per heavy atom. The SMILES string of the molecule is O=C(Nc1ccccc1)Nc1ccc(Nc2cccc3cccnc23)nc1. The van der Waals surface area contributed by atoms with Crippen LogP contribution in [0.4, 0.5) is 27.7 Å². The van der Waals surface area contributed by atoms with E-state index in [2.05, 4.69) is 25.9 Å². The predicted octanol–water partition coefficient (Wildman–Crippen LogP) is 5.02. The maximum atomic E-state index is 12.0. The van der Waals surface area contributed by atoms with E-state index >= 15 is 0 Å². The lowest BCUT2D eigenvalue weighted by molar-refractivity contribution is 0.262. The molecule has 2 aromatic heterocycles. The quantitative estimate of drug-likeness (QED) is 0.480. The molecule has 0 fully saturated rings. The minimum atomic E-state index is -0.318. The monoisotopic (exact) mass is 355 g/mol. The molecule has 0 aliphatic rings. The maximum Gasteiger partial charge on any atom is 0.323 e. The molecule has 0 saturated carbocycles. The van der Waals surface area contributed by atoms with Gasteiger partial charge in [-0.05, 0) is 36.4 Å². The molecule has 27 heavy (non-hydrogen) atoms. The smallest absolute Gasteiger partial charge is 0.323 e. The molecule has 0 radical (unpaired) electrons. The van der Waals surface area contributed by atoms with E-state index in [1.165, 1.54) is 0 Å². The van der Waals surface area contributed by atoms with Crippen LogP contribution in [0, 0.1) is 0 Å². The van der Waals surface area contributed by atoms with Crippen LogP contribution in [0.5, 0.6) is 0 Å². The number of nitrogens with one attached hydrogen (secondary N) is 3. The van der Waals surface area contributed by atoms with Crippen molar-refractivity contribution in [1.82, 2.24) is 9.97 Å². The number of rotatable bonds is 4. The van der Waals surface area contributed by atoms with E-state index in [4.69, 9.17) is 0 Å². The number of hydrogen-bond acceptors (Lipinski definition) is 4. The van der Waals surface area contributed by atoms with Gasteiger partial charge in [0.2, 0.25) is 0 Å². The van der Waals surface area contributed by atoms with Gasteiger partial charge in [-0.3, -0.25) is 4.98 Å². The number of amides is 2. The molecule has 0 spiro atoms. The van der Waals surface area contributed by atoms with Crippen molar-refractivity contribution in [3.05, 3.63) is 85.2 Å². The number of urea groups is 1. The van der Waals surface area contributed by atoms with Crippen molar-refractivity contribution < 1.29 is 4.79 Å². The first-order chi connectivity index (χ1) is 13.3. The summed E-state index contributed by atoms with van der Waals surface area (Å²) in [6, 6.07) is 22.4. The summed E-state index contributed by atoms with van der Waals surface area (Å²) in [5.41, 5.74) is 3.09. The fourth-order valence-corrected chi connectivity index (χ4v) is 2.70. The number of para-hydroxylation sites is 2. The summed E-state index contributed by atoms with van der Waals surface area (Å²) in [4.78, 5) is 20.8. The number of anilines is 4. The zero-order valence-corrected chi connectivity index (χ0v) is 14.4. The van der Waals surface area contributed by atoms with Gasteiger partial charge in [0.25, 0.3) is 0 Å². The Kier molecular flexibility index (Phi) is 4.61. The number of carbonyl (C=O) groups is 1. The van der Waals surface area contributed by atoms with Crippen LogP contribution < -0.4 is 16.0 Å². The number of pyridine rings is 2. The molecule has 0 atom stereocenters. The van der Waals surface area contributed by atoms with Crippen LogP contribution >= 0.6 is 0 Å². The Morgan fingerprint density at radius 3 is 2.37 bits per heavy atom. The van der Waals surface area contributed by atoms with E-state index in [0.717, 1.165) is 22.3 Å². The second kappa shape index (κ2) is 7.53. The van der Waals surface area contributed by atoms with Crippen molar-refractivity contribution in [1.29, 1.82) is 0 Å². The lowest BCUT2D eigenvalue weighted by atomic mass is 10.2. The van der Waals surface area contributed by atoms with Gasteiger partial charge in [-0.2, -0.15) is 0 Å². The molecule has 6 nitrogen and oxygen atoms in total. The molecular weight excluding hydrogens is 338 g/mol. The summed E-state index contributed by atoms with van der Waals surface area (Å²) in [6.07, 6.45) is 3.37. The van der Waals surface area contributed by atoms with Crippen molar-refractivity contribution in [3.63, 3.8) is 0 Å². The molecular formula is C21H17N5O. The first-order valence-corrected chi connectivity index (χ1v) is 8.48. The molecule has 6 heteroatoms. The second-order valence-corrected chi connectivity index (χ2v) is 5.88. The number of benzene rings is 2. The zero-order valence-electron chi connectivity index (χ0n) is 14.4. The van der Waals surface area contributed by atoms with E-state index < -0.39 is 0 Å². The predicted molar refractivity (Wildman–Crippen MR) is 108 cm³/mol. The molecule has 0 unspecified atom stereocenters. The first-order valence-electron chi connectivity index (χ1n) is 8.48. The Bertz CT molecular complexity index is 1060. The summed E-state index contributed by atoms with van der Waals surface area (Å²) in [6.45, 7) is 0. The molecule has 4 rings (SSSR count). The van der Waals surface area contributed by atoms with E-state index in [9.17, 15) is 4.79 Å². The number of nitrogens with zero attached hydrogens (tertiary/aromatic N) is 2. The highest BCUT2D eigenvalue weighted by Gasteiger charge is 2.05. The third kappa shape index (κ3) is 4.01. The van der Waals surface area contributed by atoms with Crippen molar-refractivity contribution in [2.75, 3.05) is 16.0 Å². The third-order valence-corrected chi connectivity index (χ3v) is 3.95. The van der Waals surface area contributed by atoms with Gasteiger partial charge >= 0.3 is 6.03 Å². The summed E-state index contributed by atoms with van der Waals surface area (Å²) in [5, 5.41) is 9.84. The average Bonchev–Trinajstić information content (AvgIpc) is 2.70. The minimum absolute atomic E-state index is 0.318. The minimum Gasteiger partial charge on any atom is -0.338 e. The van der Waals surface area contributed by atoms with Gasteiger partial charge in [0, 0.05) is 17.3 Å². The van der Waals surface area contributed by atoms with Gasteiger partial charge < -0.3 is 16.0 Å². The molecule has 4 aromatic rings. The zero-order chi connectivity index (χ0) is 18.5. The highest BCUT2D eigenvalue weighted by Crippen LogP contribution is 2.24. The highest BCUT2D eigenvalue weighted by molar-refractivity contribution is 5.99. The summed E-state index contributed by atoms with van der Waals surface area (Å²) in [7, 11) is 0. The lowest BCUT2D eigenvalue weighted by Gasteiger charge is -2.10. The van der Waals surface area contributed by atoms with Crippen LogP contribution in [0.25, 0.3) is 10.9 Å². The highest BCUT2D eigenvalue weighted by atomic mass is 16.2. The normalized spacial score (nSPS) is 10.4. The van der Waals surface area contributed by atoms with Gasteiger partial charge in [-0.15, -0.1) is 0 Å². The van der Waals surface area contributed by atoms with Crippen molar-refractivity contribution in [2.45, 2.75) is 0 Å². The van der Waals surface area contributed by atoms with Crippen molar-refractivity contribution >= 4 is 39.8 Å². The van der Waals surface area contributed by atoms with E-state index in [1.54, 1.807) is 24.5 Å². The fraction of sp³-hybridized carbons (Fsp3) is 0. The molecule has 132 valence electrons. The van der Waals surface area contributed by atoms with Gasteiger partial charge in [0.05, 0.1) is 23.1 Å². The van der Waals surface area contributed by atoms with Crippen LogP contribution in [-0.4, -0.2) is 16.0 Å². The second-order valence-electron chi connectivity index (χ2n) is 5.88. The Morgan fingerprint density at radius 2 is 1.56 bits per heavy atom. The lowest BCUT2D eigenvalue weighted by Crippen LogP contribution is -2.19.